The normalized spacial score (nSPS) is 17.1. The highest BCUT2D eigenvalue weighted by Crippen LogP contribution is 2.21. The fourth-order valence-electron chi connectivity index (χ4n) is 3.65. The van der Waals surface area contributed by atoms with Crippen molar-refractivity contribution in [2.75, 3.05) is 31.5 Å². The van der Waals surface area contributed by atoms with Gasteiger partial charge in [-0.2, -0.15) is 4.31 Å². The number of carbonyl (C=O) groups excluding carboxylic acids is 1. The van der Waals surface area contributed by atoms with E-state index < -0.39 is 10.0 Å². The van der Waals surface area contributed by atoms with Crippen molar-refractivity contribution in [1.29, 1.82) is 0 Å². The predicted octanol–water partition coefficient (Wildman–Crippen LogP) is 2.78. The lowest BCUT2D eigenvalue weighted by Gasteiger charge is -2.36. The summed E-state index contributed by atoms with van der Waals surface area (Å²) < 4.78 is 27.0. The van der Waals surface area contributed by atoms with Crippen LogP contribution in [0.5, 0.6) is 0 Å². The molecule has 1 aliphatic heterocycles. The Morgan fingerprint density at radius 1 is 0.966 bits per heavy atom. The predicted molar refractivity (Wildman–Crippen MR) is 116 cm³/mol. The van der Waals surface area contributed by atoms with Crippen molar-refractivity contribution >= 4 is 21.6 Å². The van der Waals surface area contributed by atoms with Gasteiger partial charge in [-0.3, -0.25) is 9.69 Å². The van der Waals surface area contributed by atoms with Crippen LogP contribution >= 0.6 is 0 Å². The number of hydrogen-bond donors (Lipinski definition) is 1. The molecule has 1 fully saturated rings. The van der Waals surface area contributed by atoms with Crippen molar-refractivity contribution in [3.8, 4) is 0 Å². The van der Waals surface area contributed by atoms with E-state index in [4.69, 9.17) is 0 Å². The van der Waals surface area contributed by atoms with E-state index in [1.165, 1.54) is 4.31 Å². The molecule has 2 aromatic carbocycles. The molecule has 6 nitrogen and oxygen atoms in total. The Hall–Kier alpha value is -2.22. The van der Waals surface area contributed by atoms with Gasteiger partial charge < -0.3 is 5.32 Å². The third-order valence-corrected chi connectivity index (χ3v) is 7.37. The van der Waals surface area contributed by atoms with E-state index in [1.807, 2.05) is 74.2 Å². The average molecular weight is 416 g/mol. The molecule has 1 saturated heterocycles. The van der Waals surface area contributed by atoms with Crippen LogP contribution in [0.4, 0.5) is 5.69 Å². The van der Waals surface area contributed by atoms with E-state index in [-0.39, 0.29) is 17.7 Å². The molecule has 0 spiro atoms. The zero-order chi connectivity index (χ0) is 21.0. The van der Waals surface area contributed by atoms with E-state index in [9.17, 15) is 13.2 Å². The first-order valence-electron chi connectivity index (χ1n) is 9.91. The Labute approximate surface area is 173 Å². The van der Waals surface area contributed by atoms with Crippen LogP contribution in [0.3, 0.4) is 0 Å². The first kappa shape index (κ1) is 21.5. The molecular weight excluding hydrogens is 386 g/mol. The number of sulfonamides is 1. The highest BCUT2D eigenvalue weighted by Gasteiger charge is 2.31. The summed E-state index contributed by atoms with van der Waals surface area (Å²) in [5.41, 5.74) is 3.70. The second-order valence-electron chi connectivity index (χ2n) is 7.61. The third-order valence-electron chi connectivity index (χ3n) is 5.52. The lowest BCUT2D eigenvalue weighted by molar-refractivity contribution is -0.121. The number of para-hydroxylation sites is 1. The first-order valence-corrected chi connectivity index (χ1v) is 11.5. The van der Waals surface area contributed by atoms with Crippen molar-refractivity contribution in [3.63, 3.8) is 0 Å². The molecule has 0 aromatic heterocycles. The molecule has 7 heteroatoms. The van der Waals surface area contributed by atoms with Gasteiger partial charge in [0.25, 0.3) is 0 Å². The number of hydrogen-bond acceptors (Lipinski definition) is 4. The molecule has 1 atom stereocenters. The second-order valence-corrected chi connectivity index (χ2v) is 9.58. The summed E-state index contributed by atoms with van der Waals surface area (Å²) in [5.74, 6) is -0.0563. The smallest absolute Gasteiger partial charge is 0.241 e. The van der Waals surface area contributed by atoms with Gasteiger partial charge in [-0.15, -0.1) is 0 Å². The van der Waals surface area contributed by atoms with Crippen molar-refractivity contribution in [3.05, 3.63) is 65.2 Å². The Balaban J connectivity index is 1.57. The molecule has 0 unspecified atom stereocenters. The van der Waals surface area contributed by atoms with Crippen LogP contribution in [0.2, 0.25) is 0 Å². The maximum atomic E-state index is 12.8. The van der Waals surface area contributed by atoms with Gasteiger partial charge in [0.2, 0.25) is 15.9 Å². The van der Waals surface area contributed by atoms with E-state index >= 15 is 0 Å². The molecule has 3 rings (SSSR count). The van der Waals surface area contributed by atoms with E-state index in [0.29, 0.717) is 26.2 Å². The lowest BCUT2D eigenvalue weighted by atomic mass is 10.1. The van der Waals surface area contributed by atoms with Crippen molar-refractivity contribution < 1.29 is 13.2 Å². The van der Waals surface area contributed by atoms with Crippen LogP contribution in [-0.4, -0.2) is 55.8 Å². The molecule has 0 bridgehead atoms. The minimum absolute atomic E-state index is 0.0104. The highest BCUT2D eigenvalue weighted by molar-refractivity contribution is 7.88. The SMILES string of the molecule is Cc1cccc(C)c1NC(=O)[C@@H](C)N1CCN(S(=O)(=O)Cc2ccccc2)CC1. The molecule has 1 aliphatic rings. The van der Waals surface area contributed by atoms with Crippen molar-refractivity contribution in [2.45, 2.75) is 32.6 Å². The standard InChI is InChI=1S/C22H29N3O3S/c1-17-8-7-9-18(2)21(17)23-22(26)19(3)24-12-14-25(15-13-24)29(27,28)16-20-10-5-4-6-11-20/h4-11,19H,12-16H2,1-3H3,(H,23,26)/t19-/m1/s1. The monoisotopic (exact) mass is 415 g/mol. The van der Waals surface area contributed by atoms with Crippen LogP contribution in [0, 0.1) is 13.8 Å². The molecule has 0 saturated carbocycles. The number of nitrogens with one attached hydrogen (secondary N) is 1. The molecule has 156 valence electrons. The Morgan fingerprint density at radius 2 is 1.55 bits per heavy atom. The summed E-state index contributed by atoms with van der Waals surface area (Å²) in [6.45, 7) is 7.70. The molecule has 1 heterocycles. The van der Waals surface area contributed by atoms with Gasteiger partial charge in [0.15, 0.2) is 0 Å². The number of piperazine rings is 1. The Morgan fingerprint density at radius 3 is 2.14 bits per heavy atom. The van der Waals surface area contributed by atoms with Gasteiger partial charge in [0.1, 0.15) is 0 Å². The van der Waals surface area contributed by atoms with Crippen LogP contribution in [0.15, 0.2) is 48.5 Å². The number of anilines is 1. The molecule has 0 aliphatic carbocycles. The molecule has 1 N–H and O–H groups in total. The summed E-state index contributed by atoms with van der Waals surface area (Å²) in [6.07, 6.45) is 0. The van der Waals surface area contributed by atoms with Gasteiger partial charge in [0, 0.05) is 31.9 Å². The van der Waals surface area contributed by atoms with Gasteiger partial charge in [-0.1, -0.05) is 48.5 Å². The summed E-state index contributed by atoms with van der Waals surface area (Å²) in [7, 11) is -3.36. The Kier molecular flexibility index (Phi) is 6.72. The van der Waals surface area contributed by atoms with Crippen LogP contribution < -0.4 is 5.32 Å². The van der Waals surface area contributed by atoms with Gasteiger partial charge in [-0.25, -0.2) is 8.42 Å². The third kappa shape index (κ3) is 5.23. The van der Waals surface area contributed by atoms with E-state index in [0.717, 1.165) is 22.4 Å². The number of aryl methyl sites for hydroxylation is 2. The topological polar surface area (TPSA) is 69.7 Å². The van der Waals surface area contributed by atoms with Gasteiger partial charge >= 0.3 is 0 Å². The zero-order valence-electron chi connectivity index (χ0n) is 17.3. The maximum absolute atomic E-state index is 12.8. The van der Waals surface area contributed by atoms with Crippen molar-refractivity contribution in [1.82, 2.24) is 9.21 Å². The molecule has 0 radical (unpaired) electrons. The molecule has 2 aromatic rings. The number of nitrogens with zero attached hydrogens (tertiary/aromatic N) is 2. The summed E-state index contributed by atoms with van der Waals surface area (Å²) in [5, 5.41) is 3.04. The minimum Gasteiger partial charge on any atom is -0.324 e. The summed E-state index contributed by atoms with van der Waals surface area (Å²) in [6, 6.07) is 14.8. The zero-order valence-corrected chi connectivity index (χ0v) is 18.1. The fraction of sp³-hybridized carbons (Fsp3) is 0.409. The quantitative estimate of drug-likeness (QED) is 0.788. The van der Waals surface area contributed by atoms with Gasteiger partial charge in [-0.05, 0) is 37.5 Å². The molecule has 29 heavy (non-hydrogen) atoms. The molecular formula is C22H29N3O3S. The average Bonchev–Trinajstić information content (AvgIpc) is 2.70. The van der Waals surface area contributed by atoms with Crippen LogP contribution in [0.25, 0.3) is 0 Å². The van der Waals surface area contributed by atoms with E-state index in [1.54, 1.807) is 0 Å². The molecule has 1 amide bonds. The largest absolute Gasteiger partial charge is 0.324 e. The number of benzene rings is 2. The highest BCUT2D eigenvalue weighted by atomic mass is 32.2. The Bertz CT molecular complexity index is 932. The van der Waals surface area contributed by atoms with Crippen LogP contribution in [-0.2, 0) is 20.6 Å². The number of carbonyl (C=O) groups is 1. The van der Waals surface area contributed by atoms with Crippen LogP contribution in [0.1, 0.15) is 23.6 Å². The lowest BCUT2D eigenvalue weighted by Crippen LogP contribution is -2.54. The van der Waals surface area contributed by atoms with E-state index in [2.05, 4.69) is 5.32 Å². The minimum atomic E-state index is -3.36. The summed E-state index contributed by atoms with van der Waals surface area (Å²) >= 11 is 0. The fourth-order valence-corrected chi connectivity index (χ4v) is 5.17. The second kappa shape index (κ2) is 9.07. The summed E-state index contributed by atoms with van der Waals surface area (Å²) in [4.78, 5) is 14.8. The van der Waals surface area contributed by atoms with Crippen molar-refractivity contribution in [2.24, 2.45) is 0 Å². The number of amides is 1. The van der Waals surface area contributed by atoms with Gasteiger partial charge in [0.05, 0.1) is 11.8 Å². The maximum Gasteiger partial charge on any atom is 0.241 e. The first-order chi connectivity index (χ1) is 13.8. The number of rotatable bonds is 6.